The van der Waals surface area contributed by atoms with Crippen molar-refractivity contribution >= 4 is 34.8 Å². The number of benzene rings is 4. The normalized spacial score (nSPS) is 13.0. The molecule has 176 valence electrons. The lowest BCUT2D eigenvalue weighted by molar-refractivity contribution is -0.115. The maximum Gasteiger partial charge on any atom is 0.228 e. The molecule has 2 aliphatic rings. The molecule has 2 aliphatic heterocycles. The molecule has 0 aromatic heterocycles. The predicted molar refractivity (Wildman–Crippen MR) is 137 cm³/mol. The van der Waals surface area contributed by atoms with Crippen LogP contribution in [0.2, 0.25) is 0 Å². The highest BCUT2D eigenvalue weighted by molar-refractivity contribution is 6.11. The Morgan fingerprint density at radius 2 is 0.889 bits per heavy atom. The molecule has 6 rings (SSSR count). The van der Waals surface area contributed by atoms with Crippen LogP contribution in [0.1, 0.15) is 43.0 Å². The summed E-state index contributed by atoms with van der Waals surface area (Å²) >= 11 is 0. The number of nitrogens with one attached hydrogen (secondary N) is 2. The summed E-state index contributed by atoms with van der Waals surface area (Å²) < 4.78 is 0. The van der Waals surface area contributed by atoms with Crippen LogP contribution in [-0.2, 0) is 22.4 Å². The first-order valence-electron chi connectivity index (χ1n) is 11.5. The molecule has 0 fully saturated rings. The summed E-state index contributed by atoms with van der Waals surface area (Å²) in [6.07, 6.45) is 0.796. The van der Waals surface area contributed by atoms with E-state index in [0.717, 1.165) is 22.5 Å². The van der Waals surface area contributed by atoms with Gasteiger partial charge in [-0.15, -0.1) is 0 Å². The second kappa shape index (κ2) is 9.80. The van der Waals surface area contributed by atoms with Crippen LogP contribution in [0.15, 0.2) is 97.1 Å². The summed E-state index contributed by atoms with van der Waals surface area (Å²) in [5.74, 6) is -0.0947. The number of carbonyl (C=O) groups excluding carboxylic acids is 4. The Labute approximate surface area is 208 Å². The van der Waals surface area contributed by atoms with E-state index < -0.39 is 0 Å². The Morgan fingerprint density at radius 3 is 1.28 bits per heavy atom. The summed E-state index contributed by atoms with van der Waals surface area (Å²) in [6, 6.07) is 28.9. The van der Waals surface area contributed by atoms with Crippen molar-refractivity contribution in [1.29, 1.82) is 0 Å². The summed E-state index contributed by atoms with van der Waals surface area (Å²) in [5, 5.41) is 5.51. The molecule has 2 N–H and O–H groups in total. The average Bonchev–Trinajstić information content (AvgIpc) is 3.48. The Hall–Kier alpha value is -4.84. The van der Waals surface area contributed by atoms with Crippen LogP contribution in [0.3, 0.4) is 0 Å². The van der Waals surface area contributed by atoms with Crippen LogP contribution in [0, 0.1) is 0 Å². The predicted octanol–water partition coefficient (Wildman–Crippen LogP) is 4.82. The van der Waals surface area contributed by atoms with E-state index >= 15 is 0 Å². The van der Waals surface area contributed by atoms with Crippen molar-refractivity contribution in [2.45, 2.75) is 12.8 Å². The summed E-state index contributed by atoms with van der Waals surface area (Å²) in [6.45, 7) is 0. The van der Waals surface area contributed by atoms with Gasteiger partial charge in [-0.1, -0.05) is 84.9 Å². The molecule has 0 saturated heterocycles. The molecule has 2 amide bonds. The van der Waals surface area contributed by atoms with Gasteiger partial charge in [0.25, 0.3) is 0 Å². The van der Waals surface area contributed by atoms with Gasteiger partial charge in [0.1, 0.15) is 0 Å². The largest absolute Gasteiger partial charge is 0.326 e. The van der Waals surface area contributed by atoms with Gasteiger partial charge in [0, 0.05) is 33.6 Å². The van der Waals surface area contributed by atoms with Gasteiger partial charge in [-0.25, -0.2) is 0 Å². The fourth-order valence-electron chi connectivity index (χ4n) is 4.22. The zero-order valence-corrected chi connectivity index (χ0v) is 19.3. The molecule has 0 unspecified atom stereocenters. The number of amides is 2. The second-order valence-electron chi connectivity index (χ2n) is 8.58. The number of hydrogen-bond acceptors (Lipinski definition) is 4. The Balaban J connectivity index is 0.000000148. The lowest BCUT2D eigenvalue weighted by Gasteiger charge is -2.04. The van der Waals surface area contributed by atoms with Crippen molar-refractivity contribution in [3.63, 3.8) is 0 Å². The zero-order valence-electron chi connectivity index (χ0n) is 19.3. The highest BCUT2D eigenvalue weighted by Gasteiger charge is 2.20. The third-order valence-corrected chi connectivity index (χ3v) is 6.07. The van der Waals surface area contributed by atoms with Crippen molar-refractivity contribution in [2.24, 2.45) is 0 Å². The van der Waals surface area contributed by atoms with Crippen LogP contribution in [-0.4, -0.2) is 23.4 Å². The first kappa shape index (κ1) is 22.9. The molecule has 36 heavy (non-hydrogen) atoms. The van der Waals surface area contributed by atoms with E-state index in [9.17, 15) is 19.2 Å². The number of rotatable bonds is 4. The number of ketones is 2. The Kier molecular flexibility index (Phi) is 6.24. The molecule has 0 spiro atoms. The van der Waals surface area contributed by atoms with Gasteiger partial charge < -0.3 is 10.6 Å². The van der Waals surface area contributed by atoms with Crippen molar-refractivity contribution < 1.29 is 19.2 Å². The van der Waals surface area contributed by atoms with E-state index in [1.807, 2.05) is 48.5 Å². The van der Waals surface area contributed by atoms with Gasteiger partial charge >= 0.3 is 0 Å². The monoisotopic (exact) mass is 474 g/mol. The molecule has 0 bridgehead atoms. The first-order valence-corrected chi connectivity index (χ1v) is 11.5. The number of carbonyl (C=O) groups is 4. The molecular weight excluding hydrogens is 452 g/mol. The fraction of sp³-hybridized carbons (Fsp3) is 0.0667. The maximum absolute atomic E-state index is 12.2. The summed E-state index contributed by atoms with van der Waals surface area (Å²) in [7, 11) is 0. The highest BCUT2D eigenvalue weighted by Crippen LogP contribution is 2.26. The molecule has 0 saturated carbocycles. The van der Waals surface area contributed by atoms with Crippen molar-refractivity contribution in [1.82, 2.24) is 0 Å². The molecular formula is C30H22N2O4. The van der Waals surface area contributed by atoms with Crippen molar-refractivity contribution in [2.75, 3.05) is 10.6 Å². The number of hydrogen-bond donors (Lipinski definition) is 2. The topological polar surface area (TPSA) is 92.3 Å². The minimum Gasteiger partial charge on any atom is -0.326 e. The van der Waals surface area contributed by atoms with E-state index in [0.29, 0.717) is 35.1 Å². The van der Waals surface area contributed by atoms with Crippen molar-refractivity contribution in [3.8, 4) is 0 Å². The lowest BCUT2D eigenvalue weighted by Crippen LogP contribution is -2.04. The van der Waals surface area contributed by atoms with Gasteiger partial charge in [0.2, 0.25) is 11.8 Å². The van der Waals surface area contributed by atoms with E-state index in [1.165, 1.54) is 0 Å². The highest BCUT2D eigenvalue weighted by atomic mass is 16.2. The zero-order chi connectivity index (χ0) is 25.1. The van der Waals surface area contributed by atoms with Crippen LogP contribution >= 0.6 is 0 Å². The number of anilines is 2. The van der Waals surface area contributed by atoms with Crippen molar-refractivity contribution in [3.05, 3.63) is 130 Å². The van der Waals surface area contributed by atoms with E-state index in [-0.39, 0.29) is 23.4 Å². The molecule has 0 atom stereocenters. The summed E-state index contributed by atoms with van der Waals surface area (Å²) in [4.78, 5) is 46.9. The third kappa shape index (κ3) is 4.83. The summed E-state index contributed by atoms with van der Waals surface area (Å²) in [5.41, 5.74) is 5.91. The molecule has 4 aromatic carbocycles. The number of fused-ring (bicyclic) bond motifs is 2. The minimum absolute atomic E-state index is 0.0192. The second-order valence-corrected chi connectivity index (χ2v) is 8.58. The third-order valence-electron chi connectivity index (χ3n) is 6.07. The molecule has 0 aliphatic carbocycles. The van der Waals surface area contributed by atoms with E-state index in [2.05, 4.69) is 10.6 Å². The van der Waals surface area contributed by atoms with Gasteiger partial charge in [-0.3, -0.25) is 19.2 Å². The maximum atomic E-state index is 12.2. The molecule has 6 heteroatoms. The molecule has 2 heterocycles. The SMILES string of the molecule is O=C1Cc2ccc(C(=O)c3ccccc3)cc2N1.O=C1Cc2ccc(C(=O)c3ccccc3)cc2N1. The van der Waals surface area contributed by atoms with Gasteiger partial charge in [-0.05, 0) is 23.3 Å². The molecule has 6 nitrogen and oxygen atoms in total. The van der Waals surface area contributed by atoms with Crippen LogP contribution in [0.4, 0.5) is 11.4 Å². The Bertz CT molecular complexity index is 1380. The smallest absolute Gasteiger partial charge is 0.228 e. The molecule has 4 aromatic rings. The van der Waals surface area contributed by atoms with E-state index in [1.54, 1.807) is 48.5 Å². The fourth-order valence-corrected chi connectivity index (χ4v) is 4.22. The molecule has 0 radical (unpaired) electrons. The van der Waals surface area contributed by atoms with Crippen LogP contribution in [0.5, 0.6) is 0 Å². The lowest BCUT2D eigenvalue weighted by atomic mass is 10.0. The van der Waals surface area contributed by atoms with Crippen LogP contribution < -0.4 is 10.6 Å². The van der Waals surface area contributed by atoms with Crippen LogP contribution in [0.25, 0.3) is 0 Å². The van der Waals surface area contributed by atoms with Gasteiger partial charge in [-0.2, -0.15) is 0 Å². The Morgan fingerprint density at radius 1 is 0.500 bits per heavy atom. The quantitative estimate of drug-likeness (QED) is 0.415. The minimum atomic E-state index is -0.0282. The first-order chi connectivity index (χ1) is 17.5. The van der Waals surface area contributed by atoms with E-state index in [4.69, 9.17) is 0 Å². The van der Waals surface area contributed by atoms with Gasteiger partial charge in [0.05, 0.1) is 12.8 Å². The van der Waals surface area contributed by atoms with Gasteiger partial charge in [0.15, 0.2) is 11.6 Å². The standard InChI is InChI=1S/2C15H11NO2/c2*17-14-9-11-6-7-12(8-13(11)16-14)15(18)10-4-2-1-3-5-10/h2*1-8H,9H2,(H,16,17). The average molecular weight is 475 g/mol.